The lowest BCUT2D eigenvalue weighted by atomic mass is 10.2. The van der Waals surface area contributed by atoms with Gasteiger partial charge < -0.3 is 4.98 Å². The predicted molar refractivity (Wildman–Crippen MR) is 55.0 cm³/mol. The van der Waals surface area contributed by atoms with Gasteiger partial charge >= 0.3 is 0 Å². The highest BCUT2D eigenvalue weighted by molar-refractivity contribution is 9.10. The van der Waals surface area contributed by atoms with E-state index in [2.05, 4.69) is 25.8 Å². The van der Waals surface area contributed by atoms with Gasteiger partial charge in [0.15, 0.2) is 0 Å². The van der Waals surface area contributed by atoms with E-state index in [0.29, 0.717) is 6.61 Å². The quantitative estimate of drug-likeness (QED) is 0.792. The van der Waals surface area contributed by atoms with Crippen LogP contribution >= 0.6 is 15.9 Å². The topological polar surface area (TPSA) is 51.0 Å². The number of nitrogens with two attached hydrogens (primary N) is 1. The van der Waals surface area contributed by atoms with E-state index in [4.69, 9.17) is 5.90 Å². The SMILES string of the molecule is NOCc1c[nH]c2cc(Br)ccc12. The van der Waals surface area contributed by atoms with Gasteiger partial charge in [-0.05, 0) is 12.1 Å². The third-order valence-electron chi connectivity index (χ3n) is 1.97. The molecule has 1 aromatic heterocycles. The summed E-state index contributed by atoms with van der Waals surface area (Å²) in [7, 11) is 0. The minimum atomic E-state index is 0.432. The number of hydrogen-bond donors (Lipinski definition) is 2. The van der Waals surface area contributed by atoms with Crippen LogP contribution in [-0.4, -0.2) is 4.98 Å². The van der Waals surface area contributed by atoms with Crippen LogP contribution in [-0.2, 0) is 11.4 Å². The van der Waals surface area contributed by atoms with E-state index in [1.165, 1.54) is 0 Å². The Morgan fingerprint density at radius 1 is 1.46 bits per heavy atom. The maximum atomic E-state index is 5.02. The number of halogens is 1. The molecule has 0 bridgehead atoms. The van der Waals surface area contributed by atoms with Crippen LogP contribution in [0, 0.1) is 0 Å². The predicted octanol–water partition coefficient (Wildman–Crippen LogP) is 2.32. The summed E-state index contributed by atoms with van der Waals surface area (Å²) in [4.78, 5) is 7.74. The molecule has 0 atom stereocenters. The number of H-pyrrole nitrogens is 1. The van der Waals surface area contributed by atoms with E-state index >= 15 is 0 Å². The van der Waals surface area contributed by atoms with Crippen molar-refractivity contribution in [1.82, 2.24) is 4.98 Å². The molecular weight excluding hydrogens is 232 g/mol. The highest BCUT2D eigenvalue weighted by Gasteiger charge is 2.02. The molecule has 0 aliphatic carbocycles. The van der Waals surface area contributed by atoms with Crippen molar-refractivity contribution in [2.75, 3.05) is 0 Å². The second kappa shape index (κ2) is 3.49. The first-order valence-electron chi connectivity index (χ1n) is 3.88. The summed E-state index contributed by atoms with van der Waals surface area (Å²) in [6.07, 6.45) is 1.91. The van der Waals surface area contributed by atoms with Crippen molar-refractivity contribution >= 4 is 26.8 Å². The fraction of sp³-hybridized carbons (Fsp3) is 0.111. The molecule has 0 fully saturated rings. The molecule has 13 heavy (non-hydrogen) atoms. The van der Waals surface area contributed by atoms with E-state index < -0.39 is 0 Å². The number of hydrogen-bond acceptors (Lipinski definition) is 2. The number of aromatic nitrogens is 1. The Bertz CT molecular complexity index is 424. The average Bonchev–Trinajstić information content (AvgIpc) is 2.49. The molecule has 2 rings (SSSR count). The van der Waals surface area contributed by atoms with Gasteiger partial charge in [-0.3, -0.25) is 4.84 Å². The molecule has 1 aromatic carbocycles. The average molecular weight is 241 g/mol. The van der Waals surface area contributed by atoms with Crippen LogP contribution in [0.25, 0.3) is 10.9 Å². The van der Waals surface area contributed by atoms with E-state index in [-0.39, 0.29) is 0 Å². The van der Waals surface area contributed by atoms with Gasteiger partial charge in [0.05, 0.1) is 6.61 Å². The molecule has 0 saturated carbocycles. The lowest BCUT2D eigenvalue weighted by Gasteiger charge is -1.96. The molecule has 0 radical (unpaired) electrons. The van der Waals surface area contributed by atoms with Gasteiger partial charge in [0, 0.05) is 27.1 Å². The summed E-state index contributed by atoms with van der Waals surface area (Å²) >= 11 is 3.40. The van der Waals surface area contributed by atoms with Crippen molar-refractivity contribution in [3.8, 4) is 0 Å². The van der Waals surface area contributed by atoms with Crippen LogP contribution in [0.5, 0.6) is 0 Å². The fourth-order valence-corrected chi connectivity index (χ4v) is 1.73. The zero-order valence-electron chi connectivity index (χ0n) is 6.88. The third-order valence-corrected chi connectivity index (χ3v) is 2.46. The lowest BCUT2D eigenvalue weighted by molar-refractivity contribution is 0.125. The molecule has 3 N–H and O–H groups in total. The van der Waals surface area contributed by atoms with Gasteiger partial charge in [-0.15, -0.1) is 0 Å². The van der Waals surface area contributed by atoms with E-state index in [1.807, 2.05) is 24.4 Å². The number of rotatable bonds is 2. The number of aromatic amines is 1. The molecular formula is C9H9BrN2O. The highest BCUT2D eigenvalue weighted by atomic mass is 79.9. The van der Waals surface area contributed by atoms with Crippen molar-refractivity contribution in [3.05, 3.63) is 34.4 Å². The summed E-state index contributed by atoms with van der Waals surface area (Å²) < 4.78 is 1.06. The molecule has 3 nitrogen and oxygen atoms in total. The molecule has 0 unspecified atom stereocenters. The monoisotopic (exact) mass is 240 g/mol. The zero-order valence-corrected chi connectivity index (χ0v) is 8.47. The Morgan fingerprint density at radius 3 is 3.08 bits per heavy atom. The molecule has 2 aromatic rings. The van der Waals surface area contributed by atoms with E-state index in [9.17, 15) is 0 Å². The second-order valence-electron chi connectivity index (χ2n) is 2.81. The van der Waals surface area contributed by atoms with Crippen LogP contribution in [0.1, 0.15) is 5.56 Å². The molecule has 4 heteroatoms. The largest absolute Gasteiger partial charge is 0.361 e. The van der Waals surface area contributed by atoms with Crippen LogP contribution in [0.4, 0.5) is 0 Å². The molecule has 0 amide bonds. The van der Waals surface area contributed by atoms with Crippen molar-refractivity contribution in [2.24, 2.45) is 5.90 Å². The summed E-state index contributed by atoms with van der Waals surface area (Å²) in [5, 5.41) is 1.15. The molecule has 0 aliphatic heterocycles. The number of benzene rings is 1. The van der Waals surface area contributed by atoms with Gasteiger partial charge in [0.1, 0.15) is 0 Å². The summed E-state index contributed by atoms with van der Waals surface area (Å²) in [6.45, 7) is 0.432. The van der Waals surface area contributed by atoms with Gasteiger partial charge in [-0.25, -0.2) is 5.90 Å². The zero-order chi connectivity index (χ0) is 9.26. The molecule has 0 saturated heterocycles. The number of fused-ring (bicyclic) bond motifs is 1. The third kappa shape index (κ3) is 1.60. The maximum absolute atomic E-state index is 5.02. The van der Waals surface area contributed by atoms with E-state index in [0.717, 1.165) is 20.9 Å². The van der Waals surface area contributed by atoms with Gasteiger partial charge in [0.2, 0.25) is 0 Å². The lowest BCUT2D eigenvalue weighted by Crippen LogP contribution is -1.97. The van der Waals surface area contributed by atoms with Crippen LogP contribution in [0.15, 0.2) is 28.9 Å². The second-order valence-corrected chi connectivity index (χ2v) is 3.73. The standard InChI is InChI=1S/C9H9BrN2O/c10-7-1-2-8-6(5-13-11)4-12-9(8)3-7/h1-4,12H,5,11H2. The normalized spacial score (nSPS) is 10.9. The van der Waals surface area contributed by atoms with Crippen LogP contribution in [0.2, 0.25) is 0 Å². The fourth-order valence-electron chi connectivity index (χ4n) is 1.37. The Morgan fingerprint density at radius 2 is 2.31 bits per heavy atom. The van der Waals surface area contributed by atoms with Gasteiger partial charge in [-0.1, -0.05) is 22.0 Å². The minimum absolute atomic E-state index is 0.432. The summed E-state index contributed by atoms with van der Waals surface area (Å²) in [6, 6.07) is 6.05. The van der Waals surface area contributed by atoms with E-state index in [1.54, 1.807) is 0 Å². The van der Waals surface area contributed by atoms with Crippen molar-refractivity contribution in [3.63, 3.8) is 0 Å². The first-order valence-corrected chi connectivity index (χ1v) is 4.68. The molecule has 68 valence electrons. The Labute approximate surface area is 84.0 Å². The van der Waals surface area contributed by atoms with Crippen molar-refractivity contribution in [1.29, 1.82) is 0 Å². The van der Waals surface area contributed by atoms with Gasteiger partial charge in [0.25, 0.3) is 0 Å². The number of nitrogens with one attached hydrogen (secondary N) is 1. The summed E-state index contributed by atoms with van der Waals surface area (Å²) in [5.41, 5.74) is 2.16. The smallest absolute Gasteiger partial charge is 0.0950 e. The summed E-state index contributed by atoms with van der Waals surface area (Å²) in [5.74, 6) is 5.02. The van der Waals surface area contributed by atoms with Crippen molar-refractivity contribution < 1.29 is 4.84 Å². The minimum Gasteiger partial charge on any atom is -0.361 e. The molecule has 0 spiro atoms. The highest BCUT2D eigenvalue weighted by Crippen LogP contribution is 2.22. The molecule has 0 aliphatic rings. The Kier molecular flexibility index (Phi) is 2.35. The first kappa shape index (κ1) is 8.74. The van der Waals surface area contributed by atoms with Crippen LogP contribution < -0.4 is 5.90 Å². The maximum Gasteiger partial charge on any atom is 0.0950 e. The Balaban J connectivity index is 2.55. The first-order chi connectivity index (χ1) is 6.31. The Hall–Kier alpha value is -0.840. The van der Waals surface area contributed by atoms with Gasteiger partial charge in [-0.2, -0.15) is 0 Å². The van der Waals surface area contributed by atoms with Crippen molar-refractivity contribution in [2.45, 2.75) is 6.61 Å². The molecule has 1 heterocycles. The van der Waals surface area contributed by atoms with Crippen LogP contribution in [0.3, 0.4) is 0 Å².